The summed E-state index contributed by atoms with van der Waals surface area (Å²) in [5.41, 5.74) is 3.84. The second kappa shape index (κ2) is 7.50. The predicted octanol–water partition coefficient (Wildman–Crippen LogP) is 3.60. The second-order valence-electron chi connectivity index (χ2n) is 5.12. The summed E-state index contributed by atoms with van der Waals surface area (Å²) < 4.78 is 13.7. The first-order valence-electron chi connectivity index (χ1n) is 6.97. The molecule has 0 spiro atoms. The van der Waals surface area contributed by atoms with E-state index in [-0.39, 0.29) is 5.82 Å². The molecule has 1 N–H and O–H groups in total. The molecule has 4 heteroatoms. The summed E-state index contributed by atoms with van der Waals surface area (Å²) >= 11 is 1.71. The van der Waals surface area contributed by atoms with Crippen molar-refractivity contribution in [3.8, 4) is 0 Å². The van der Waals surface area contributed by atoms with Crippen LogP contribution in [0.2, 0.25) is 0 Å². The minimum absolute atomic E-state index is 0.0948. The third-order valence-corrected chi connectivity index (χ3v) is 4.58. The van der Waals surface area contributed by atoms with Gasteiger partial charge in [0.05, 0.1) is 11.2 Å². The number of benzene rings is 1. The summed E-state index contributed by atoms with van der Waals surface area (Å²) in [6.07, 6.45) is 2.86. The van der Waals surface area contributed by atoms with Gasteiger partial charge in [-0.25, -0.2) is 9.37 Å². The number of nitrogens with one attached hydrogen (secondary N) is 1. The zero-order valence-corrected chi connectivity index (χ0v) is 12.8. The molecule has 108 valence electrons. The Morgan fingerprint density at radius 3 is 2.80 bits per heavy atom. The van der Waals surface area contributed by atoms with Crippen LogP contribution in [-0.4, -0.2) is 18.6 Å². The lowest BCUT2D eigenvalue weighted by Crippen LogP contribution is -2.21. The molecule has 2 rings (SSSR count). The topological polar surface area (TPSA) is 24.9 Å². The Morgan fingerprint density at radius 1 is 1.35 bits per heavy atom. The molecule has 0 bridgehead atoms. The highest BCUT2D eigenvalue weighted by atomic mass is 32.1. The molecule has 2 nitrogen and oxygen atoms in total. The zero-order chi connectivity index (χ0) is 14.4. The number of aryl methyl sites for hydroxylation is 2. The monoisotopic (exact) mass is 292 g/mol. The molecule has 1 atom stereocenters. The van der Waals surface area contributed by atoms with Gasteiger partial charge in [0.15, 0.2) is 0 Å². The van der Waals surface area contributed by atoms with Gasteiger partial charge in [0.1, 0.15) is 5.82 Å². The van der Waals surface area contributed by atoms with E-state index in [4.69, 9.17) is 0 Å². The average Bonchev–Trinajstić information content (AvgIpc) is 2.84. The van der Waals surface area contributed by atoms with Gasteiger partial charge in [0, 0.05) is 4.88 Å². The highest BCUT2D eigenvalue weighted by Crippen LogP contribution is 2.20. The van der Waals surface area contributed by atoms with E-state index >= 15 is 0 Å². The second-order valence-corrected chi connectivity index (χ2v) is 6.06. The lowest BCUT2D eigenvalue weighted by molar-refractivity contribution is 0.452. The van der Waals surface area contributed by atoms with E-state index in [2.05, 4.69) is 17.2 Å². The van der Waals surface area contributed by atoms with Gasteiger partial charge in [0.25, 0.3) is 0 Å². The minimum atomic E-state index is -0.0948. The van der Waals surface area contributed by atoms with Crippen molar-refractivity contribution in [1.82, 2.24) is 10.3 Å². The van der Waals surface area contributed by atoms with Gasteiger partial charge in [-0.05, 0) is 57.3 Å². The molecular weight excluding hydrogens is 271 g/mol. The lowest BCUT2D eigenvalue weighted by atomic mass is 9.94. The van der Waals surface area contributed by atoms with Crippen LogP contribution in [0.4, 0.5) is 4.39 Å². The van der Waals surface area contributed by atoms with Gasteiger partial charge < -0.3 is 5.32 Å². The van der Waals surface area contributed by atoms with Crippen LogP contribution in [0.15, 0.2) is 29.8 Å². The van der Waals surface area contributed by atoms with Crippen LogP contribution in [0.1, 0.15) is 22.6 Å². The fourth-order valence-electron chi connectivity index (χ4n) is 2.44. The largest absolute Gasteiger partial charge is 0.319 e. The molecule has 0 saturated heterocycles. The molecule has 0 aliphatic carbocycles. The number of rotatable bonds is 7. The number of hydrogen-bond donors (Lipinski definition) is 1. The van der Waals surface area contributed by atoms with Crippen LogP contribution >= 0.6 is 11.3 Å². The summed E-state index contributed by atoms with van der Waals surface area (Å²) in [5.74, 6) is 0.348. The van der Waals surface area contributed by atoms with Crippen molar-refractivity contribution in [2.45, 2.75) is 26.2 Å². The third kappa shape index (κ3) is 4.12. The first kappa shape index (κ1) is 15.1. The predicted molar refractivity (Wildman–Crippen MR) is 82.7 cm³/mol. The van der Waals surface area contributed by atoms with Crippen LogP contribution in [0.5, 0.6) is 0 Å². The normalized spacial score (nSPS) is 12.6. The van der Waals surface area contributed by atoms with Crippen molar-refractivity contribution in [1.29, 1.82) is 0 Å². The molecule has 2 aromatic rings. The van der Waals surface area contributed by atoms with E-state index in [9.17, 15) is 4.39 Å². The van der Waals surface area contributed by atoms with Crippen molar-refractivity contribution in [3.63, 3.8) is 0 Å². The number of aromatic nitrogens is 1. The standard InChI is InChI=1S/C16H21FN2S/c1-12-16(20-11-19-12)8-7-13(10-18-2)9-14-5-3-4-6-15(14)17/h3-6,11,13,18H,7-10H2,1-2H3. The fraction of sp³-hybridized carbons (Fsp3) is 0.438. The van der Waals surface area contributed by atoms with E-state index in [0.717, 1.165) is 37.1 Å². The first-order chi connectivity index (χ1) is 9.70. The number of hydrogen-bond acceptors (Lipinski definition) is 3. The van der Waals surface area contributed by atoms with Crippen LogP contribution in [-0.2, 0) is 12.8 Å². The number of nitrogens with zero attached hydrogens (tertiary/aromatic N) is 1. The Labute approximate surface area is 124 Å². The molecule has 1 heterocycles. The Bertz CT molecular complexity index is 539. The van der Waals surface area contributed by atoms with Crippen molar-refractivity contribution in [2.24, 2.45) is 5.92 Å². The van der Waals surface area contributed by atoms with E-state index in [1.54, 1.807) is 23.5 Å². The van der Waals surface area contributed by atoms with Crippen LogP contribution < -0.4 is 5.32 Å². The zero-order valence-electron chi connectivity index (χ0n) is 12.0. The van der Waals surface area contributed by atoms with Gasteiger partial charge in [-0.1, -0.05) is 18.2 Å². The molecule has 0 aliphatic rings. The maximum atomic E-state index is 13.7. The molecule has 1 aromatic carbocycles. The van der Waals surface area contributed by atoms with Crippen molar-refractivity contribution >= 4 is 11.3 Å². The van der Waals surface area contributed by atoms with Gasteiger partial charge in [0.2, 0.25) is 0 Å². The van der Waals surface area contributed by atoms with Crippen LogP contribution in [0, 0.1) is 18.7 Å². The van der Waals surface area contributed by atoms with E-state index in [1.165, 1.54) is 4.88 Å². The smallest absolute Gasteiger partial charge is 0.126 e. The van der Waals surface area contributed by atoms with Gasteiger partial charge in [-0.3, -0.25) is 0 Å². The minimum Gasteiger partial charge on any atom is -0.319 e. The molecule has 0 fully saturated rings. The van der Waals surface area contributed by atoms with E-state index in [1.807, 2.05) is 24.7 Å². The SMILES string of the molecule is CNCC(CCc1scnc1C)Cc1ccccc1F. The molecule has 1 unspecified atom stereocenters. The number of halogens is 1. The molecule has 0 amide bonds. The summed E-state index contributed by atoms with van der Waals surface area (Å²) in [5, 5.41) is 3.22. The average molecular weight is 292 g/mol. The Morgan fingerprint density at radius 2 is 2.15 bits per heavy atom. The summed E-state index contributed by atoms with van der Waals surface area (Å²) in [6, 6.07) is 7.07. The van der Waals surface area contributed by atoms with Crippen LogP contribution in [0.25, 0.3) is 0 Å². The molecule has 0 saturated carbocycles. The summed E-state index contributed by atoms with van der Waals surface area (Å²) in [7, 11) is 1.95. The number of thiazole rings is 1. The molecular formula is C16H21FN2S. The fourth-order valence-corrected chi connectivity index (χ4v) is 3.24. The van der Waals surface area contributed by atoms with Crippen molar-refractivity contribution in [2.75, 3.05) is 13.6 Å². The Hall–Kier alpha value is -1.26. The van der Waals surface area contributed by atoms with Crippen molar-refractivity contribution in [3.05, 3.63) is 51.7 Å². The van der Waals surface area contributed by atoms with Gasteiger partial charge >= 0.3 is 0 Å². The Balaban J connectivity index is 1.97. The van der Waals surface area contributed by atoms with E-state index in [0.29, 0.717) is 5.92 Å². The van der Waals surface area contributed by atoms with E-state index < -0.39 is 0 Å². The van der Waals surface area contributed by atoms with Gasteiger partial charge in [-0.2, -0.15) is 0 Å². The molecule has 0 aliphatic heterocycles. The third-order valence-electron chi connectivity index (χ3n) is 3.58. The Kier molecular flexibility index (Phi) is 5.68. The molecule has 20 heavy (non-hydrogen) atoms. The summed E-state index contributed by atoms with van der Waals surface area (Å²) in [6.45, 7) is 2.96. The highest BCUT2D eigenvalue weighted by molar-refractivity contribution is 7.09. The lowest BCUT2D eigenvalue weighted by Gasteiger charge is -2.16. The first-order valence-corrected chi connectivity index (χ1v) is 7.85. The van der Waals surface area contributed by atoms with Crippen molar-refractivity contribution < 1.29 is 4.39 Å². The summed E-state index contributed by atoms with van der Waals surface area (Å²) in [4.78, 5) is 5.63. The maximum absolute atomic E-state index is 13.7. The molecule has 0 radical (unpaired) electrons. The molecule has 1 aromatic heterocycles. The van der Waals surface area contributed by atoms with Crippen LogP contribution in [0.3, 0.4) is 0 Å². The quantitative estimate of drug-likeness (QED) is 0.843. The van der Waals surface area contributed by atoms with Gasteiger partial charge in [-0.15, -0.1) is 11.3 Å². The highest BCUT2D eigenvalue weighted by Gasteiger charge is 2.13. The maximum Gasteiger partial charge on any atom is 0.126 e.